The van der Waals surface area contributed by atoms with Gasteiger partial charge < -0.3 is 19.2 Å². The molecule has 1 aromatic carbocycles. The molecular formula is C21H27NO6. The number of carbonyl (C=O) groups excluding carboxylic acids is 2. The number of esters is 1. The minimum atomic E-state index is -0.653. The van der Waals surface area contributed by atoms with Crippen molar-refractivity contribution in [2.24, 2.45) is 0 Å². The summed E-state index contributed by atoms with van der Waals surface area (Å²) in [5.74, 6) is -0.618. The lowest BCUT2D eigenvalue weighted by Crippen LogP contribution is -2.36. The van der Waals surface area contributed by atoms with Crippen LogP contribution < -0.4 is 15.7 Å². The molecule has 1 aromatic heterocycles. The van der Waals surface area contributed by atoms with E-state index in [1.54, 1.807) is 18.2 Å². The summed E-state index contributed by atoms with van der Waals surface area (Å²) in [5.41, 5.74) is 0.732. The maximum absolute atomic E-state index is 11.8. The molecule has 7 nitrogen and oxygen atoms in total. The van der Waals surface area contributed by atoms with E-state index in [1.165, 1.54) is 6.07 Å². The average molecular weight is 389 g/mol. The highest BCUT2D eigenvalue weighted by atomic mass is 16.6. The number of ether oxygens (including phenoxy) is 2. The Morgan fingerprint density at radius 1 is 1.18 bits per heavy atom. The number of hydrogen-bond acceptors (Lipinski definition) is 6. The molecule has 28 heavy (non-hydrogen) atoms. The third kappa shape index (κ3) is 6.72. The van der Waals surface area contributed by atoms with Crippen LogP contribution in [0.3, 0.4) is 0 Å². The molecular weight excluding hydrogens is 362 g/mol. The number of amides is 1. The molecule has 152 valence electrons. The van der Waals surface area contributed by atoms with Gasteiger partial charge in [0.15, 0.2) is 13.2 Å². The third-order valence-corrected chi connectivity index (χ3v) is 4.29. The largest absolute Gasteiger partial charge is 0.482 e. The lowest BCUT2D eigenvalue weighted by molar-refractivity contribution is -0.150. The Kier molecular flexibility index (Phi) is 8.04. The van der Waals surface area contributed by atoms with Gasteiger partial charge in [-0.15, -0.1) is 0 Å². The van der Waals surface area contributed by atoms with Crippen LogP contribution in [0.5, 0.6) is 5.75 Å². The van der Waals surface area contributed by atoms with Crippen molar-refractivity contribution in [3.05, 3.63) is 40.2 Å². The fourth-order valence-corrected chi connectivity index (χ4v) is 2.81. The Morgan fingerprint density at radius 3 is 2.71 bits per heavy atom. The Hall–Kier alpha value is -2.83. The first-order valence-corrected chi connectivity index (χ1v) is 9.51. The smallest absolute Gasteiger partial charge is 0.344 e. The molecule has 1 heterocycles. The molecule has 2 rings (SSSR count). The molecule has 0 saturated carbocycles. The Labute approximate surface area is 164 Å². The highest BCUT2D eigenvalue weighted by molar-refractivity contribution is 5.82. The van der Waals surface area contributed by atoms with Crippen LogP contribution in [-0.2, 0) is 14.3 Å². The van der Waals surface area contributed by atoms with Gasteiger partial charge in [-0.2, -0.15) is 0 Å². The monoisotopic (exact) mass is 389 g/mol. The minimum Gasteiger partial charge on any atom is -0.482 e. The quantitative estimate of drug-likeness (QED) is 0.381. The first-order valence-electron chi connectivity index (χ1n) is 9.51. The molecule has 0 saturated heterocycles. The molecule has 2 aromatic rings. The number of unbranched alkanes of at least 4 members (excludes halogenated alkanes) is 2. The number of fused-ring (bicyclic) bond motifs is 1. The first kappa shape index (κ1) is 21.5. The number of nitrogens with one attached hydrogen (secondary N) is 1. The lowest BCUT2D eigenvalue weighted by Gasteiger charge is -2.13. The molecule has 1 amide bonds. The van der Waals surface area contributed by atoms with Gasteiger partial charge in [0.2, 0.25) is 0 Å². The standard InChI is InChI=1S/C21H27NO6/c1-4-5-6-7-15(3)22-19(23)12-27-21(25)13-26-16-8-9-17-14(2)10-20(24)28-18(17)11-16/h8-11,15H,4-7,12-13H2,1-3H3,(H,22,23)/t15-/m1/s1. The summed E-state index contributed by atoms with van der Waals surface area (Å²) in [7, 11) is 0. The van der Waals surface area contributed by atoms with Gasteiger partial charge >= 0.3 is 11.6 Å². The summed E-state index contributed by atoms with van der Waals surface area (Å²) in [6.45, 7) is 5.18. The first-order chi connectivity index (χ1) is 13.4. The van der Waals surface area contributed by atoms with Gasteiger partial charge in [0.05, 0.1) is 0 Å². The van der Waals surface area contributed by atoms with Crippen LogP contribution in [0.15, 0.2) is 33.5 Å². The fourth-order valence-electron chi connectivity index (χ4n) is 2.81. The Balaban J connectivity index is 1.77. The second-order valence-electron chi connectivity index (χ2n) is 6.82. The molecule has 0 aliphatic carbocycles. The maximum atomic E-state index is 11.8. The molecule has 0 aliphatic heterocycles. The van der Waals surface area contributed by atoms with Crippen LogP contribution in [0.2, 0.25) is 0 Å². The van der Waals surface area contributed by atoms with Gasteiger partial charge in [0, 0.05) is 23.6 Å². The molecule has 0 aliphatic rings. The zero-order valence-corrected chi connectivity index (χ0v) is 16.6. The van der Waals surface area contributed by atoms with Crippen molar-refractivity contribution in [2.75, 3.05) is 13.2 Å². The van der Waals surface area contributed by atoms with Crippen LogP contribution in [0.25, 0.3) is 11.0 Å². The fraction of sp³-hybridized carbons (Fsp3) is 0.476. The molecule has 0 unspecified atom stereocenters. The zero-order chi connectivity index (χ0) is 20.5. The summed E-state index contributed by atoms with van der Waals surface area (Å²) < 4.78 is 15.4. The normalized spacial score (nSPS) is 11.8. The zero-order valence-electron chi connectivity index (χ0n) is 16.6. The summed E-state index contributed by atoms with van der Waals surface area (Å²) in [6.07, 6.45) is 4.21. The van der Waals surface area contributed by atoms with E-state index >= 15 is 0 Å². The predicted molar refractivity (Wildman–Crippen MR) is 105 cm³/mol. The lowest BCUT2D eigenvalue weighted by atomic mass is 10.1. The van der Waals surface area contributed by atoms with Gasteiger partial charge in [-0.3, -0.25) is 4.79 Å². The highest BCUT2D eigenvalue weighted by Crippen LogP contribution is 2.22. The van der Waals surface area contributed by atoms with E-state index in [1.807, 2.05) is 13.8 Å². The van der Waals surface area contributed by atoms with Crippen LogP contribution in [-0.4, -0.2) is 31.1 Å². The van der Waals surface area contributed by atoms with E-state index in [9.17, 15) is 14.4 Å². The molecule has 0 spiro atoms. The second kappa shape index (κ2) is 10.5. The Morgan fingerprint density at radius 2 is 1.96 bits per heavy atom. The van der Waals surface area contributed by atoms with Gasteiger partial charge in [-0.05, 0) is 38.0 Å². The summed E-state index contributed by atoms with van der Waals surface area (Å²) in [5, 5.41) is 3.59. The van der Waals surface area contributed by atoms with Crippen molar-refractivity contribution in [1.82, 2.24) is 5.32 Å². The summed E-state index contributed by atoms with van der Waals surface area (Å²) in [4.78, 5) is 35.1. The molecule has 0 fully saturated rings. The highest BCUT2D eigenvalue weighted by Gasteiger charge is 2.11. The van der Waals surface area contributed by atoms with Gasteiger partial charge in [0.1, 0.15) is 11.3 Å². The van der Waals surface area contributed by atoms with Crippen LogP contribution in [0, 0.1) is 6.92 Å². The number of carbonyl (C=O) groups is 2. The van der Waals surface area contributed by atoms with Crippen LogP contribution in [0.1, 0.15) is 45.1 Å². The van der Waals surface area contributed by atoms with Gasteiger partial charge in [0.25, 0.3) is 5.91 Å². The number of rotatable bonds is 10. The van der Waals surface area contributed by atoms with E-state index in [2.05, 4.69) is 12.2 Å². The second-order valence-corrected chi connectivity index (χ2v) is 6.82. The van der Waals surface area contributed by atoms with Crippen molar-refractivity contribution < 1.29 is 23.5 Å². The molecule has 0 bridgehead atoms. The van der Waals surface area contributed by atoms with Crippen molar-refractivity contribution in [3.63, 3.8) is 0 Å². The van der Waals surface area contributed by atoms with E-state index < -0.39 is 11.6 Å². The van der Waals surface area contributed by atoms with E-state index in [4.69, 9.17) is 13.9 Å². The molecule has 0 radical (unpaired) electrons. The minimum absolute atomic E-state index is 0.0460. The van der Waals surface area contributed by atoms with Gasteiger partial charge in [-0.1, -0.05) is 26.2 Å². The molecule has 7 heteroatoms. The van der Waals surface area contributed by atoms with E-state index in [0.29, 0.717) is 11.3 Å². The van der Waals surface area contributed by atoms with Crippen molar-refractivity contribution in [2.45, 2.75) is 52.5 Å². The third-order valence-electron chi connectivity index (χ3n) is 4.29. The SMILES string of the molecule is CCCCC[C@@H](C)NC(=O)COC(=O)COc1ccc2c(C)cc(=O)oc2c1. The van der Waals surface area contributed by atoms with Crippen LogP contribution >= 0.6 is 0 Å². The van der Waals surface area contributed by atoms with Crippen LogP contribution in [0.4, 0.5) is 0 Å². The number of hydrogen-bond donors (Lipinski definition) is 1. The molecule has 1 N–H and O–H groups in total. The number of benzene rings is 1. The van der Waals surface area contributed by atoms with E-state index in [0.717, 1.165) is 36.6 Å². The Bertz CT molecular complexity index is 873. The average Bonchev–Trinajstić information content (AvgIpc) is 2.64. The van der Waals surface area contributed by atoms with Crippen molar-refractivity contribution in [1.29, 1.82) is 0 Å². The predicted octanol–water partition coefficient (Wildman–Crippen LogP) is 3.11. The van der Waals surface area contributed by atoms with Crippen molar-refractivity contribution in [3.8, 4) is 5.75 Å². The summed E-state index contributed by atoms with van der Waals surface area (Å²) >= 11 is 0. The summed E-state index contributed by atoms with van der Waals surface area (Å²) in [6, 6.07) is 6.43. The maximum Gasteiger partial charge on any atom is 0.344 e. The van der Waals surface area contributed by atoms with Gasteiger partial charge in [-0.25, -0.2) is 9.59 Å². The van der Waals surface area contributed by atoms with Crippen molar-refractivity contribution >= 4 is 22.8 Å². The van der Waals surface area contributed by atoms with E-state index in [-0.39, 0.29) is 25.2 Å². The molecule has 1 atom stereocenters. The topological polar surface area (TPSA) is 94.8 Å². The number of aryl methyl sites for hydroxylation is 1.